The molecule has 0 aromatic heterocycles. The Morgan fingerprint density at radius 2 is 2.11 bits per heavy atom. The third-order valence-electron chi connectivity index (χ3n) is 3.36. The minimum atomic E-state index is -3.60. The zero-order valence-corrected chi connectivity index (χ0v) is 11.8. The van der Waals surface area contributed by atoms with Crippen LogP contribution in [0.1, 0.15) is 31.2 Å². The summed E-state index contributed by atoms with van der Waals surface area (Å²) in [6.07, 6.45) is 4.42. The molecule has 6 heteroatoms. The molecule has 0 heterocycles. The number of anilines is 1. The summed E-state index contributed by atoms with van der Waals surface area (Å²) in [6, 6.07) is 2.32. The Bertz CT molecular complexity index is 568. The molecule has 1 aromatic carbocycles. The first-order chi connectivity index (χ1) is 8.90. The van der Waals surface area contributed by atoms with E-state index in [9.17, 15) is 12.8 Å². The van der Waals surface area contributed by atoms with Crippen molar-refractivity contribution in [3.05, 3.63) is 23.5 Å². The highest BCUT2D eigenvalue weighted by Crippen LogP contribution is 2.33. The van der Waals surface area contributed by atoms with E-state index < -0.39 is 15.8 Å². The maximum atomic E-state index is 13.2. The Balaban J connectivity index is 2.03. The number of hydrogen-bond donors (Lipinski definition) is 2. The van der Waals surface area contributed by atoms with Gasteiger partial charge >= 0.3 is 0 Å². The van der Waals surface area contributed by atoms with Crippen LogP contribution < -0.4 is 10.5 Å². The number of nitrogen functional groups attached to an aromatic ring is 1. The van der Waals surface area contributed by atoms with Crippen LogP contribution in [0.3, 0.4) is 0 Å². The molecule has 1 aliphatic carbocycles. The van der Waals surface area contributed by atoms with Gasteiger partial charge in [-0.05, 0) is 43.4 Å². The van der Waals surface area contributed by atoms with E-state index in [-0.39, 0.29) is 10.6 Å². The first-order valence-corrected chi connectivity index (χ1v) is 7.94. The number of hydrogen-bond acceptors (Lipinski definition) is 3. The van der Waals surface area contributed by atoms with E-state index >= 15 is 0 Å². The molecular formula is C13H19FN2O2S. The number of nitrogens with two attached hydrogens (primary N) is 1. The van der Waals surface area contributed by atoms with E-state index in [4.69, 9.17) is 5.73 Å². The Labute approximate surface area is 113 Å². The fourth-order valence-corrected chi connectivity index (χ4v) is 3.37. The third-order valence-corrected chi connectivity index (χ3v) is 4.96. The quantitative estimate of drug-likeness (QED) is 0.622. The van der Waals surface area contributed by atoms with Crippen LogP contribution in [0.5, 0.6) is 0 Å². The summed E-state index contributed by atoms with van der Waals surface area (Å²) in [6.45, 7) is 1.97. The normalized spacial score (nSPS) is 15.7. The Morgan fingerprint density at radius 1 is 1.42 bits per heavy atom. The summed E-state index contributed by atoms with van der Waals surface area (Å²) in [5.41, 5.74) is 5.64. The van der Waals surface area contributed by atoms with Crippen LogP contribution >= 0.6 is 0 Å². The predicted octanol–water partition coefficient (Wildman–Crippen LogP) is 2.18. The lowest BCUT2D eigenvalue weighted by atomic mass is 10.2. The first kappa shape index (κ1) is 14.3. The van der Waals surface area contributed by atoms with Gasteiger partial charge in [-0.25, -0.2) is 17.5 Å². The number of nitrogens with one attached hydrogen (secondary N) is 1. The lowest BCUT2D eigenvalue weighted by Crippen LogP contribution is -2.25. The van der Waals surface area contributed by atoms with Crippen molar-refractivity contribution in [1.29, 1.82) is 0 Å². The summed E-state index contributed by atoms with van der Waals surface area (Å²) in [5, 5.41) is 0. The van der Waals surface area contributed by atoms with Crippen LogP contribution in [0.2, 0.25) is 0 Å². The number of halogens is 1. The summed E-state index contributed by atoms with van der Waals surface area (Å²) in [7, 11) is -3.60. The predicted molar refractivity (Wildman–Crippen MR) is 72.7 cm³/mol. The number of sulfonamides is 1. The summed E-state index contributed by atoms with van der Waals surface area (Å²) in [5.74, 6) is 0.192. The van der Waals surface area contributed by atoms with E-state index in [0.29, 0.717) is 12.1 Å². The average molecular weight is 286 g/mol. The van der Waals surface area contributed by atoms with E-state index in [2.05, 4.69) is 4.72 Å². The maximum Gasteiger partial charge on any atom is 0.240 e. The zero-order chi connectivity index (χ0) is 14.0. The van der Waals surface area contributed by atoms with Crippen LogP contribution in [0, 0.1) is 18.7 Å². The monoisotopic (exact) mass is 286 g/mol. The lowest BCUT2D eigenvalue weighted by Gasteiger charge is -2.10. The van der Waals surface area contributed by atoms with Gasteiger partial charge in [0, 0.05) is 6.54 Å². The van der Waals surface area contributed by atoms with E-state index in [1.807, 2.05) is 0 Å². The van der Waals surface area contributed by atoms with Crippen LogP contribution in [0.4, 0.5) is 10.1 Å². The Kier molecular flexibility index (Phi) is 4.10. The van der Waals surface area contributed by atoms with Crippen molar-refractivity contribution in [3.63, 3.8) is 0 Å². The van der Waals surface area contributed by atoms with Crippen LogP contribution in [-0.2, 0) is 10.0 Å². The molecule has 1 aromatic rings. The zero-order valence-electron chi connectivity index (χ0n) is 10.9. The molecule has 0 radical (unpaired) electrons. The highest BCUT2D eigenvalue weighted by molar-refractivity contribution is 7.89. The van der Waals surface area contributed by atoms with Gasteiger partial charge in [-0.15, -0.1) is 0 Å². The molecule has 0 saturated heterocycles. The Morgan fingerprint density at radius 3 is 2.74 bits per heavy atom. The smallest absolute Gasteiger partial charge is 0.240 e. The fourth-order valence-electron chi connectivity index (χ4n) is 2.04. The molecule has 1 aliphatic rings. The molecule has 1 saturated carbocycles. The SMILES string of the molecule is Cc1cc(F)c(N)cc1S(=O)(=O)NCCCC1CC1. The molecule has 2 rings (SSSR count). The molecule has 0 aliphatic heterocycles. The second-order valence-corrected chi connectivity index (χ2v) is 6.86. The second-order valence-electron chi connectivity index (χ2n) is 5.12. The van der Waals surface area contributed by atoms with Crippen LogP contribution in [0.15, 0.2) is 17.0 Å². The number of rotatable bonds is 6. The van der Waals surface area contributed by atoms with Crippen molar-refractivity contribution >= 4 is 15.7 Å². The minimum Gasteiger partial charge on any atom is -0.396 e. The van der Waals surface area contributed by atoms with Crippen molar-refractivity contribution in [2.45, 2.75) is 37.5 Å². The molecule has 0 atom stereocenters. The van der Waals surface area contributed by atoms with Crippen molar-refractivity contribution < 1.29 is 12.8 Å². The summed E-state index contributed by atoms with van der Waals surface area (Å²) >= 11 is 0. The maximum absolute atomic E-state index is 13.2. The molecule has 1 fully saturated rings. The van der Waals surface area contributed by atoms with Gasteiger partial charge in [0.05, 0.1) is 10.6 Å². The Hall–Kier alpha value is -1.14. The molecule has 0 spiro atoms. The van der Waals surface area contributed by atoms with Crippen LogP contribution in [0.25, 0.3) is 0 Å². The van der Waals surface area contributed by atoms with Gasteiger partial charge in [-0.2, -0.15) is 0 Å². The van der Waals surface area contributed by atoms with Gasteiger partial charge < -0.3 is 5.73 Å². The fraction of sp³-hybridized carbons (Fsp3) is 0.538. The van der Waals surface area contributed by atoms with Gasteiger partial charge in [0.25, 0.3) is 0 Å². The van der Waals surface area contributed by atoms with Gasteiger partial charge in [0.1, 0.15) is 5.82 Å². The van der Waals surface area contributed by atoms with Gasteiger partial charge in [0.2, 0.25) is 10.0 Å². The number of aryl methyl sites for hydroxylation is 1. The molecule has 0 unspecified atom stereocenters. The molecule has 3 N–H and O–H groups in total. The van der Waals surface area contributed by atoms with Crippen molar-refractivity contribution in [1.82, 2.24) is 4.72 Å². The third kappa shape index (κ3) is 3.67. The van der Waals surface area contributed by atoms with Crippen molar-refractivity contribution in [3.8, 4) is 0 Å². The number of benzene rings is 1. The van der Waals surface area contributed by atoms with Gasteiger partial charge in [-0.1, -0.05) is 12.8 Å². The highest BCUT2D eigenvalue weighted by Gasteiger charge is 2.21. The highest BCUT2D eigenvalue weighted by atomic mass is 32.2. The van der Waals surface area contributed by atoms with E-state index in [1.54, 1.807) is 6.92 Å². The summed E-state index contributed by atoms with van der Waals surface area (Å²) < 4.78 is 39.9. The van der Waals surface area contributed by atoms with Gasteiger partial charge in [0.15, 0.2) is 0 Å². The van der Waals surface area contributed by atoms with E-state index in [1.165, 1.54) is 18.9 Å². The van der Waals surface area contributed by atoms with Gasteiger partial charge in [-0.3, -0.25) is 0 Å². The molecule has 19 heavy (non-hydrogen) atoms. The molecule has 0 amide bonds. The average Bonchev–Trinajstić information content (AvgIpc) is 3.13. The molecule has 106 valence electrons. The lowest BCUT2D eigenvalue weighted by molar-refractivity contribution is 0.571. The van der Waals surface area contributed by atoms with E-state index in [0.717, 1.165) is 24.8 Å². The van der Waals surface area contributed by atoms with Crippen molar-refractivity contribution in [2.24, 2.45) is 5.92 Å². The standard InChI is InChI=1S/C13H19FN2O2S/c1-9-7-11(14)12(15)8-13(9)19(17,18)16-6-2-3-10-4-5-10/h7-8,10,16H,2-6,15H2,1H3. The van der Waals surface area contributed by atoms with Crippen molar-refractivity contribution in [2.75, 3.05) is 12.3 Å². The van der Waals surface area contributed by atoms with Crippen LogP contribution in [-0.4, -0.2) is 15.0 Å². The molecule has 0 bridgehead atoms. The molecular weight excluding hydrogens is 267 g/mol. The summed E-state index contributed by atoms with van der Waals surface area (Å²) in [4.78, 5) is 0.0535. The first-order valence-electron chi connectivity index (χ1n) is 6.45. The topological polar surface area (TPSA) is 72.2 Å². The minimum absolute atomic E-state index is 0.0535. The second kappa shape index (κ2) is 5.46. The molecule has 4 nitrogen and oxygen atoms in total. The largest absolute Gasteiger partial charge is 0.396 e.